The van der Waals surface area contributed by atoms with E-state index < -0.39 is 0 Å². The minimum Gasteiger partial charge on any atom is -0.305 e. The third-order valence-electron chi connectivity index (χ3n) is 2.92. The van der Waals surface area contributed by atoms with E-state index in [9.17, 15) is 4.39 Å². The number of halogens is 3. The number of nitrogens with one attached hydrogen (secondary N) is 1. The molecule has 20 heavy (non-hydrogen) atoms. The van der Waals surface area contributed by atoms with Crippen LogP contribution in [0.25, 0.3) is 0 Å². The summed E-state index contributed by atoms with van der Waals surface area (Å²) in [5.74, 6) is -0.323. The molecule has 1 atom stereocenters. The number of pyridine rings is 1. The minimum atomic E-state index is -0.323. The van der Waals surface area contributed by atoms with Crippen molar-refractivity contribution in [2.45, 2.75) is 19.4 Å². The van der Waals surface area contributed by atoms with Gasteiger partial charge in [-0.2, -0.15) is 0 Å². The Labute approximate surface area is 131 Å². The molecule has 0 bridgehead atoms. The summed E-state index contributed by atoms with van der Waals surface area (Å²) in [6, 6.07) is 8.23. The van der Waals surface area contributed by atoms with Crippen LogP contribution in [0, 0.1) is 5.82 Å². The normalized spacial score (nSPS) is 12.4. The van der Waals surface area contributed by atoms with Crippen molar-refractivity contribution in [3.8, 4) is 0 Å². The second-order valence-electron chi connectivity index (χ2n) is 4.45. The first-order chi connectivity index (χ1) is 9.61. The lowest BCUT2D eigenvalue weighted by Crippen LogP contribution is -2.25. The summed E-state index contributed by atoms with van der Waals surface area (Å²) >= 11 is 9.16. The molecule has 0 aliphatic heterocycles. The molecule has 0 saturated heterocycles. The van der Waals surface area contributed by atoms with Gasteiger partial charge in [0.05, 0.1) is 11.7 Å². The van der Waals surface area contributed by atoms with Crippen LogP contribution < -0.4 is 5.32 Å². The highest BCUT2D eigenvalue weighted by atomic mass is 79.9. The van der Waals surface area contributed by atoms with E-state index in [1.165, 1.54) is 6.07 Å². The van der Waals surface area contributed by atoms with Gasteiger partial charge in [-0.1, -0.05) is 24.6 Å². The monoisotopic (exact) mass is 356 g/mol. The van der Waals surface area contributed by atoms with Crippen molar-refractivity contribution >= 4 is 27.5 Å². The number of benzene rings is 1. The van der Waals surface area contributed by atoms with Gasteiger partial charge in [0.15, 0.2) is 0 Å². The predicted octanol–water partition coefficient (Wildman–Crippen LogP) is 4.73. The van der Waals surface area contributed by atoms with E-state index in [0.29, 0.717) is 10.6 Å². The fourth-order valence-corrected chi connectivity index (χ4v) is 2.35. The van der Waals surface area contributed by atoms with Gasteiger partial charge in [0.25, 0.3) is 0 Å². The molecule has 1 aromatic carbocycles. The second-order valence-corrected chi connectivity index (χ2v) is 5.81. The summed E-state index contributed by atoms with van der Waals surface area (Å²) in [4.78, 5) is 4.36. The Kier molecular flexibility index (Phi) is 5.52. The highest BCUT2D eigenvalue weighted by molar-refractivity contribution is 9.10. The summed E-state index contributed by atoms with van der Waals surface area (Å²) in [7, 11) is 0. The van der Waals surface area contributed by atoms with Crippen molar-refractivity contribution in [1.82, 2.24) is 10.3 Å². The van der Waals surface area contributed by atoms with Crippen molar-refractivity contribution in [3.63, 3.8) is 0 Å². The van der Waals surface area contributed by atoms with Gasteiger partial charge in [-0.15, -0.1) is 0 Å². The molecule has 2 rings (SSSR count). The molecule has 0 aliphatic carbocycles. The Morgan fingerprint density at radius 1 is 1.35 bits per heavy atom. The van der Waals surface area contributed by atoms with Gasteiger partial charge in [-0.05, 0) is 53.2 Å². The van der Waals surface area contributed by atoms with Gasteiger partial charge < -0.3 is 5.32 Å². The molecule has 106 valence electrons. The van der Waals surface area contributed by atoms with Crippen molar-refractivity contribution in [1.29, 1.82) is 0 Å². The molecule has 0 aliphatic rings. The molecule has 0 spiro atoms. The molecule has 2 nitrogen and oxygen atoms in total. The first kappa shape index (κ1) is 15.4. The molecule has 1 unspecified atom stereocenters. The van der Waals surface area contributed by atoms with E-state index in [4.69, 9.17) is 11.6 Å². The van der Waals surface area contributed by atoms with Gasteiger partial charge in [0, 0.05) is 21.3 Å². The van der Waals surface area contributed by atoms with E-state index in [2.05, 4.69) is 33.2 Å². The van der Waals surface area contributed by atoms with E-state index in [1.807, 2.05) is 12.1 Å². The Balaban J connectivity index is 2.38. The number of hydrogen-bond donors (Lipinski definition) is 1. The molecule has 1 N–H and O–H groups in total. The summed E-state index contributed by atoms with van der Waals surface area (Å²) < 4.78 is 15.0. The van der Waals surface area contributed by atoms with E-state index in [1.54, 1.807) is 18.3 Å². The maximum Gasteiger partial charge on any atom is 0.129 e. The first-order valence-corrected chi connectivity index (χ1v) is 7.58. The minimum absolute atomic E-state index is 0.277. The Bertz CT molecular complexity index is 575. The van der Waals surface area contributed by atoms with E-state index >= 15 is 0 Å². The molecule has 2 aromatic rings. The highest BCUT2D eigenvalue weighted by Gasteiger charge is 2.18. The Morgan fingerprint density at radius 2 is 2.15 bits per heavy atom. The Hall–Kier alpha value is -0.970. The van der Waals surface area contributed by atoms with Crippen LogP contribution in [0.1, 0.15) is 30.6 Å². The van der Waals surface area contributed by atoms with Gasteiger partial charge in [-0.3, -0.25) is 4.98 Å². The maximum absolute atomic E-state index is 14.1. The molecule has 0 amide bonds. The lowest BCUT2D eigenvalue weighted by molar-refractivity contribution is 0.539. The number of nitrogens with zero attached hydrogens (tertiary/aromatic N) is 1. The molecule has 0 radical (unpaired) electrons. The zero-order valence-electron chi connectivity index (χ0n) is 11.0. The average Bonchev–Trinajstić information content (AvgIpc) is 2.42. The number of hydrogen-bond acceptors (Lipinski definition) is 2. The van der Waals surface area contributed by atoms with Crippen molar-refractivity contribution < 1.29 is 4.39 Å². The largest absolute Gasteiger partial charge is 0.305 e. The molecule has 1 heterocycles. The quantitative estimate of drug-likeness (QED) is 0.837. The SMILES string of the molecule is CCCNC(c1ccc(Br)cn1)c1ccc(Cl)cc1F. The zero-order valence-corrected chi connectivity index (χ0v) is 13.4. The molecular formula is C15H15BrClFN2. The number of rotatable bonds is 5. The molecular weight excluding hydrogens is 343 g/mol. The lowest BCUT2D eigenvalue weighted by Gasteiger charge is -2.19. The van der Waals surface area contributed by atoms with Crippen LogP contribution in [-0.2, 0) is 0 Å². The second kappa shape index (κ2) is 7.16. The molecule has 5 heteroatoms. The summed E-state index contributed by atoms with van der Waals surface area (Å²) in [5.41, 5.74) is 1.33. The van der Waals surface area contributed by atoms with Gasteiger partial charge in [0.1, 0.15) is 5.82 Å². The van der Waals surface area contributed by atoms with Crippen LogP contribution >= 0.6 is 27.5 Å². The maximum atomic E-state index is 14.1. The fraction of sp³-hybridized carbons (Fsp3) is 0.267. The van der Waals surface area contributed by atoms with Crippen LogP contribution in [0.15, 0.2) is 41.0 Å². The molecule has 0 fully saturated rings. The van der Waals surface area contributed by atoms with Crippen LogP contribution in [0.5, 0.6) is 0 Å². The zero-order chi connectivity index (χ0) is 14.5. The third-order valence-corrected chi connectivity index (χ3v) is 3.62. The predicted molar refractivity (Wildman–Crippen MR) is 83.5 cm³/mol. The number of aromatic nitrogens is 1. The van der Waals surface area contributed by atoms with Gasteiger partial charge in [-0.25, -0.2) is 4.39 Å². The third kappa shape index (κ3) is 3.78. The van der Waals surface area contributed by atoms with Crippen molar-refractivity contribution in [2.24, 2.45) is 0 Å². The summed E-state index contributed by atoms with van der Waals surface area (Å²) in [6.07, 6.45) is 2.67. The topological polar surface area (TPSA) is 24.9 Å². The summed E-state index contributed by atoms with van der Waals surface area (Å²) in [6.45, 7) is 2.85. The van der Waals surface area contributed by atoms with E-state index in [-0.39, 0.29) is 11.9 Å². The average molecular weight is 358 g/mol. The molecule has 0 saturated carbocycles. The smallest absolute Gasteiger partial charge is 0.129 e. The highest BCUT2D eigenvalue weighted by Crippen LogP contribution is 2.26. The molecule has 1 aromatic heterocycles. The van der Waals surface area contributed by atoms with Crippen molar-refractivity contribution in [3.05, 3.63) is 63.1 Å². The van der Waals surface area contributed by atoms with Crippen LogP contribution in [0.4, 0.5) is 4.39 Å². The van der Waals surface area contributed by atoms with Crippen LogP contribution in [0.3, 0.4) is 0 Å². The standard InChI is InChI=1S/C15H15BrClFN2/c1-2-7-19-15(14-6-3-10(16)9-20-14)12-5-4-11(17)8-13(12)18/h3-6,8-9,15,19H,2,7H2,1H3. The fourth-order valence-electron chi connectivity index (χ4n) is 1.96. The first-order valence-electron chi connectivity index (χ1n) is 6.41. The van der Waals surface area contributed by atoms with Crippen molar-refractivity contribution in [2.75, 3.05) is 6.54 Å². The van der Waals surface area contributed by atoms with Gasteiger partial charge >= 0.3 is 0 Å². The van der Waals surface area contributed by atoms with E-state index in [0.717, 1.165) is 23.1 Å². The summed E-state index contributed by atoms with van der Waals surface area (Å²) in [5, 5.41) is 3.71. The Morgan fingerprint density at radius 3 is 2.75 bits per heavy atom. The van der Waals surface area contributed by atoms with Crippen LogP contribution in [0.2, 0.25) is 5.02 Å². The van der Waals surface area contributed by atoms with Crippen LogP contribution in [-0.4, -0.2) is 11.5 Å². The van der Waals surface area contributed by atoms with Gasteiger partial charge in [0.2, 0.25) is 0 Å². The lowest BCUT2D eigenvalue weighted by atomic mass is 10.0.